The van der Waals surface area contributed by atoms with Gasteiger partial charge >= 0.3 is 0 Å². The van der Waals surface area contributed by atoms with Gasteiger partial charge in [-0.15, -0.1) is 0 Å². The number of carbonyl (C=O) groups excluding carboxylic acids is 1. The van der Waals surface area contributed by atoms with E-state index in [1.54, 1.807) is 0 Å². The number of hydrogen-bond acceptors (Lipinski definition) is 4. The van der Waals surface area contributed by atoms with Crippen molar-refractivity contribution in [3.8, 4) is 0 Å². The lowest BCUT2D eigenvalue weighted by molar-refractivity contribution is -0.115. The highest BCUT2D eigenvalue weighted by molar-refractivity contribution is 6.30. The number of aromatic nitrogens is 1. The van der Waals surface area contributed by atoms with Gasteiger partial charge in [-0.25, -0.2) is 0 Å². The van der Waals surface area contributed by atoms with Gasteiger partial charge in [-0.2, -0.15) is 0 Å². The zero-order valence-corrected chi connectivity index (χ0v) is 18.9. The molecule has 3 aromatic rings. The fourth-order valence-electron chi connectivity index (χ4n) is 4.10. The molecule has 32 heavy (non-hydrogen) atoms. The predicted molar refractivity (Wildman–Crippen MR) is 131 cm³/mol. The first kappa shape index (κ1) is 22.3. The van der Waals surface area contributed by atoms with E-state index in [9.17, 15) is 4.79 Å². The van der Waals surface area contributed by atoms with Crippen molar-refractivity contribution in [2.45, 2.75) is 31.7 Å². The molecule has 166 valence electrons. The third-order valence-corrected chi connectivity index (χ3v) is 6.10. The summed E-state index contributed by atoms with van der Waals surface area (Å²) in [7, 11) is 0. The van der Waals surface area contributed by atoms with Crippen LogP contribution in [-0.2, 0) is 17.6 Å². The maximum Gasteiger partial charge on any atom is 0.228 e. The molecular weight excluding hydrogens is 420 g/mol. The molecule has 0 radical (unpaired) electrons. The molecular formula is C26H29ClN4O. The van der Waals surface area contributed by atoms with Gasteiger partial charge in [0.25, 0.3) is 0 Å². The van der Waals surface area contributed by atoms with Gasteiger partial charge in [-0.1, -0.05) is 23.7 Å². The average Bonchev–Trinajstić information content (AvgIpc) is 2.81. The Labute approximate surface area is 194 Å². The minimum absolute atomic E-state index is 0.0429. The Morgan fingerprint density at radius 3 is 2.47 bits per heavy atom. The van der Waals surface area contributed by atoms with Crippen LogP contribution in [-0.4, -0.2) is 36.6 Å². The van der Waals surface area contributed by atoms with E-state index in [2.05, 4.69) is 44.8 Å². The molecule has 0 saturated carbocycles. The lowest BCUT2D eigenvalue weighted by Gasteiger charge is -2.34. The van der Waals surface area contributed by atoms with E-state index in [-0.39, 0.29) is 5.91 Å². The van der Waals surface area contributed by atoms with Crippen LogP contribution in [0, 0.1) is 0 Å². The molecule has 4 rings (SSSR count). The van der Waals surface area contributed by atoms with Crippen LogP contribution < -0.4 is 15.5 Å². The number of carbonyl (C=O) groups is 1. The van der Waals surface area contributed by atoms with Gasteiger partial charge in [0.2, 0.25) is 5.91 Å². The first-order valence-electron chi connectivity index (χ1n) is 11.2. The van der Waals surface area contributed by atoms with E-state index in [0.29, 0.717) is 17.5 Å². The molecule has 1 aromatic heterocycles. The smallest absolute Gasteiger partial charge is 0.228 e. The third-order valence-electron chi connectivity index (χ3n) is 5.86. The van der Waals surface area contributed by atoms with Crippen molar-refractivity contribution < 1.29 is 4.79 Å². The summed E-state index contributed by atoms with van der Waals surface area (Å²) < 4.78 is 0. The first-order chi connectivity index (χ1) is 15.7. The van der Waals surface area contributed by atoms with Crippen molar-refractivity contribution in [3.05, 3.63) is 89.2 Å². The standard InChI is InChI=1S/C26H29ClN4O/c27-22-3-1-2-21(18-22)19-26(32)30-24-4-6-25(7-5-24)31-16-11-23(12-17-31)29-15-10-20-8-13-28-14-9-20/h1-9,13-14,18,23,29H,10-12,15-17,19H2,(H,30,32). The predicted octanol–water partition coefficient (Wildman–Crippen LogP) is 4.72. The van der Waals surface area contributed by atoms with Crippen molar-refractivity contribution in [2.24, 2.45) is 0 Å². The lowest BCUT2D eigenvalue weighted by atomic mass is 10.0. The molecule has 1 aliphatic heterocycles. The van der Waals surface area contributed by atoms with Crippen LogP contribution in [0.25, 0.3) is 0 Å². The number of pyridine rings is 1. The van der Waals surface area contributed by atoms with Gasteiger partial charge in [-0.3, -0.25) is 9.78 Å². The van der Waals surface area contributed by atoms with Gasteiger partial charge in [0.1, 0.15) is 0 Å². The van der Waals surface area contributed by atoms with Crippen molar-refractivity contribution in [2.75, 3.05) is 29.9 Å². The largest absolute Gasteiger partial charge is 0.371 e. The van der Waals surface area contributed by atoms with E-state index >= 15 is 0 Å². The van der Waals surface area contributed by atoms with E-state index in [1.165, 1.54) is 11.3 Å². The van der Waals surface area contributed by atoms with E-state index < -0.39 is 0 Å². The van der Waals surface area contributed by atoms with Crippen molar-refractivity contribution in [3.63, 3.8) is 0 Å². The number of halogens is 1. The number of nitrogens with zero attached hydrogens (tertiary/aromatic N) is 2. The molecule has 1 amide bonds. The normalized spacial score (nSPS) is 14.3. The van der Waals surface area contributed by atoms with Crippen LogP contribution in [0.4, 0.5) is 11.4 Å². The Morgan fingerprint density at radius 2 is 1.75 bits per heavy atom. The molecule has 2 aromatic carbocycles. The molecule has 6 heteroatoms. The van der Waals surface area contributed by atoms with Gasteiger partial charge in [0, 0.05) is 47.9 Å². The molecule has 0 unspecified atom stereocenters. The molecule has 0 bridgehead atoms. The van der Waals surface area contributed by atoms with Crippen molar-refractivity contribution >= 4 is 28.9 Å². The third kappa shape index (κ3) is 6.55. The molecule has 5 nitrogen and oxygen atoms in total. The molecule has 1 fully saturated rings. The second-order valence-corrected chi connectivity index (χ2v) is 8.66. The summed E-state index contributed by atoms with van der Waals surface area (Å²) in [6, 6.07) is 20.3. The summed E-state index contributed by atoms with van der Waals surface area (Å²) in [6.07, 6.45) is 7.31. The van der Waals surface area contributed by atoms with Gasteiger partial charge in [0.15, 0.2) is 0 Å². The number of nitrogens with one attached hydrogen (secondary N) is 2. The molecule has 0 atom stereocenters. The van der Waals surface area contributed by atoms with E-state index in [0.717, 1.165) is 50.1 Å². The number of rotatable bonds is 8. The fraction of sp³-hybridized carbons (Fsp3) is 0.308. The summed E-state index contributed by atoms with van der Waals surface area (Å²) in [5.41, 5.74) is 4.25. The fourth-order valence-corrected chi connectivity index (χ4v) is 4.32. The molecule has 2 heterocycles. The average molecular weight is 449 g/mol. The molecule has 2 N–H and O–H groups in total. The monoisotopic (exact) mass is 448 g/mol. The zero-order valence-electron chi connectivity index (χ0n) is 18.1. The maximum absolute atomic E-state index is 12.3. The summed E-state index contributed by atoms with van der Waals surface area (Å²) in [5.74, 6) is -0.0429. The molecule has 0 aliphatic carbocycles. The second-order valence-electron chi connectivity index (χ2n) is 8.22. The highest BCUT2D eigenvalue weighted by atomic mass is 35.5. The molecule has 1 saturated heterocycles. The minimum Gasteiger partial charge on any atom is -0.371 e. The van der Waals surface area contributed by atoms with Crippen LogP contribution in [0.1, 0.15) is 24.0 Å². The number of benzene rings is 2. The summed E-state index contributed by atoms with van der Waals surface area (Å²) in [6.45, 7) is 3.07. The number of piperidine rings is 1. The Bertz CT molecular complexity index is 1000. The minimum atomic E-state index is -0.0429. The molecule has 0 spiro atoms. The highest BCUT2D eigenvalue weighted by Crippen LogP contribution is 2.22. The Morgan fingerprint density at radius 1 is 1.00 bits per heavy atom. The Kier molecular flexibility index (Phi) is 7.75. The highest BCUT2D eigenvalue weighted by Gasteiger charge is 2.19. The van der Waals surface area contributed by atoms with E-state index in [1.807, 2.05) is 48.8 Å². The van der Waals surface area contributed by atoms with Crippen LogP contribution in [0.3, 0.4) is 0 Å². The van der Waals surface area contributed by atoms with Crippen LogP contribution >= 0.6 is 11.6 Å². The van der Waals surface area contributed by atoms with Crippen molar-refractivity contribution in [1.29, 1.82) is 0 Å². The van der Waals surface area contributed by atoms with Gasteiger partial charge in [0.05, 0.1) is 6.42 Å². The first-order valence-corrected chi connectivity index (χ1v) is 11.5. The van der Waals surface area contributed by atoms with E-state index in [4.69, 9.17) is 11.6 Å². The lowest BCUT2D eigenvalue weighted by Crippen LogP contribution is -2.43. The number of hydrogen-bond donors (Lipinski definition) is 2. The van der Waals surface area contributed by atoms with Crippen LogP contribution in [0.2, 0.25) is 5.02 Å². The Balaban J connectivity index is 1.20. The van der Waals surface area contributed by atoms with Gasteiger partial charge in [-0.05, 0) is 85.5 Å². The van der Waals surface area contributed by atoms with Crippen molar-refractivity contribution in [1.82, 2.24) is 10.3 Å². The van der Waals surface area contributed by atoms with Crippen LogP contribution in [0.5, 0.6) is 0 Å². The summed E-state index contributed by atoms with van der Waals surface area (Å²) in [5, 5.41) is 7.31. The Hall–Kier alpha value is -2.89. The topological polar surface area (TPSA) is 57.3 Å². The number of amides is 1. The quantitative estimate of drug-likeness (QED) is 0.523. The summed E-state index contributed by atoms with van der Waals surface area (Å²) >= 11 is 6.00. The second kappa shape index (κ2) is 11.1. The van der Waals surface area contributed by atoms with Crippen LogP contribution in [0.15, 0.2) is 73.1 Å². The molecule has 1 aliphatic rings. The SMILES string of the molecule is O=C(Cc1cccc(Cl)c1)Nc1ccc(N2CCC(NCCc3ccncc3)CC2)cc1. The summed E-state index contributed by atoms with van der Waals surface area (Å²) in [4.78, 5) is 18.8. The number of anilines is 2. The maximum atomic E-state index is 12.3. The van der Waals surface area contributed by atoms with Gasteiger partial charge < -0.3 is 15.5 Å². The zero-order chi connectivity index (χ0) is 22.2.